The Hall–Kier alpha value is -0.580. The molecular formula is C16H25BrN2O. The monoisotopic (exact) mass is 340 g/mol. The lowest BCUT2D eigenvalue weighted by molar-refractivity contribution is 0.199. The van der Waals surface area contributed by atoms with Gasteiger partial charge in [-0.3, -0.25) is 0 Å². The quantitative estimate of drug-likeness (QED) is 0.803. The second-order valence-corrected chi connectivity index (χ2v) is 6.48. The fourth-order valence-corrected chi connectivity index (χ4v) is 3.25. The first-order valence-corrected chi connectivity index (χ1v) is 8.23. The number of piperidine rings is 1. The fraction of sp³-hybridized carbons (Fsp3) is 0.625. The minimum absolute atomic E-state index is 0.755. The van der Waals surface area contributed by atoms with E-state index in [0.29, 0.717) is 0 Å². The molecule has 1 aliphatic rings. The minimum atomic E-state index is 0.755. The van der Waals surface area contributed by atoms with Crippen LogP contribution in [0, 0.1) is 5.92 Å². The van der Waals surface area contributed by atoms with E-state index in [1.54, 1.807) is 7.11 Å². The molecule has 0 amide bonds. The van der Waals surface area contributed by atoms with Gasteiger partial charge in [0, 0.05) is 37.8 Å². The molecule has 1 aromatic carbocycles. The molecule has 112 valence electrons. The van der Waals surface area contributed by atoms with Crippen molar-refractivity contribution in [2.45, 2.75) is 26.3 Å². The van der Waals surface area contributed by atoms with Crippen LogP contribution in [-0.2, 0) is 11.3 Å². The minimum Gasteiger partial charge on any atom is -0.383 e. The molecule has 3 nitrogen and oxygen atoms in total. The summed E-state index contributed by atoms with van der Waals surface area (Å²) in [6, 6.07) is 6.69. The zero-order valence-electron chi connectivity index (χ0n) is 12.5. The summed E-state index contributed by atoms with van der Waals surface area (Å²) < 4.78 is 6.24. The summed E-state index contributed by atoms with van der Waals surface area (Å²) in [5.41, 5.74) is 2.64. The van der Waals surface area contributed by atoms with Crippen LogP contribution in [0.15, 0.2) is 22.7 Å². The van der Waals surface area contributed by atoms with Crippen LogP contribution in [0.3, 0.4) is 0 Å². The van der Waals surface area contributed by atoms with Gasteiger partial charge >= 0.3 is 0 Å². The van der Waals surface area contributed by atoms with Crippen molar-refractivity contribution in [2.75, 3.05) is 38.3 Å². The summed E-state index contributed by atoms with van der Waals surface area (Å²) >= 11 is 3.73. The highest BCUT2D eigenvalue weighted by molar-refractivity contribution is 9.10. The van der Waals surface area contributed by atoms with E-state index < -0.39 is 0 Å². The number of hydrogen-bond donors (Lipinski definition) is 1. The Morgan fingerprint density at radius 2 is 2.10 bits per heavy atom. The maximum absolute atomic E-state index is 5.03. The van der Waals surface area contributed by atoms with E-state index in [4.69, 9.17) is 4.74 Å². The highest BCUT2D eigenvalue weighted by atomic mass is 79.9. The second kappa shape index (κ2) is 8.01. The van der Waals surface area contributed by atoms with E-state index in [2.05, 4.69) is 51.3 Å². The zero-order chi connectivity index (χ0) is 14.4. The van der Waals surface area contributed by atoms with Gasteiger partial charge in [-0.2, -0.15) is 0 Å². The molecule has 0 spiro atoms. The Morgan fingerprint density at radius 1 is 1.35 bits per heavy atom. The molecule has 0 aromatic heterocycles. The van der Waals surface area contributed by atoms with E-state index >= 15 is 0 Å². The first kappa shape index (κ1) is 15.8. The maximum atomic E-state index is 5.03. The molecule has 0 atom stereocenters. The molecule has 0 saturated carbocycles. The molecule has 0 bridgehead atoms. The van der Waals surface area contributed by atoms with Crippen molar-refractivity contribution in [1.29, 1.82) is 0 Å². The van der Waals surface area contributed by atoms with E-state index in [-0.39, 0.29) is 0 Å². The third kappa shape index (κ3) is 4.47. The number of nitrogens with one attached hydrogen (secondary N) is 1. The van der Waals surface area contributed by atoms with Crippen LogP contribution >= 0.6 is 15.9 Å². The predicted octanol–water partition coefficient (Wildman–Crippen LogP) is 3.42. The topological polar surface area (TPSA) is 24.5 Å². The first-order valence-electron chi connectivity index (χ1n) is 7.43. The summed E-state index contributed by atoms with van der Waals surface area (Å²) in [6.45, 7) is 7.22. The van der Waals surface area contributed by atoms with Crippen LogP contribution in [0.2, 0.25) is 0 Å². The largest absolute Gasteiger partial charge is 0.383 e. The first-order chi connectivity index (χ1) is 9.70. The molecule has 1 N–H and O–H groups in total. The van der Waals surface area contributed by atoms with E-state index in [0.717, 1.165) is 25.6 Å². The van der Waals surface area contributed by atoms with Crippen molar-refractivity contribution < 1.29 is 4.74 Å². The molecule has 0 unspecified atom stereocenters. The Morgan fingerprint density at radius 3 is 2.75 bits per heavy atom. The normalized spacial score (nSPS) is 16.6. The Balaban J connectivity index is 1.92. The number of rotatable bonds is 6. The van der Waals surface area contributed by atoms with Gasteiger partial charge < -0.3 is 15.0 Å². The highest BCUT2D eigenvalue weighted by Crippen LogP contribution is 2.30. The Bertz CT molecular complexity index is 417. The predicted molar refractivity (Wildman–Crippen MR) is 88.3 cm³/mol. The summed E-state index contributed by atoms with van der Waals surface area (Å²) in [7, 11) is 1.73. The number of nitrogens with zero attached hydrogens (tertiary/aromatic N) is 1. The van der Waals surface area contributed by atoms with E-state index in [9.17, 15) is 0 Å². The number of hydrogen-bond acceptors (Lipinski definition) is 3. The van der Waals surface area contributed by atoms with Crippen LogP contribution in [0.1, 0.15) is 25.3 Å². The highest BCUT2D eigenvalue weighted by Gasteiger charge is 2.17. The van der Waals surface area contributed by atoms with Gasteiger partial charge in [0.25, 0.3) is 0 Å². The van der Waals surface area contributed by atoms with Crippen molar-refractivity contribution in [1.82, 2.24) is 5.32 Å². The van der Waals surface area contributed by atoms with Crippen molar-refractivity contribution >= 4 is 21.6 Å². The second-order valence-electron chi connectivity index (χ2n) is 5.62. The number of benzene rings is 1. The molecule has 1 fully saturated rings. The molecule has 0 aliphatic carbocycles. The average molecular weight is 341 g/mol. The SMILES string of the molecule is COCCNCc1ccc(N2CCC(C)CC2)c(Br)c1. The van der Waals surface area contributed by atoms with Crippen LogP contribution in [0.4, 0.5) is 5.69 Å². The van der Waals surface area contributed by atoms with Crippen molar-refractivity contribution in [2.24, 2.45) is 5.92 Å². The smallest absolute Gasteiger partial charge is 0.0587 e. The number of ether oxygens (including phenoxy) is 1. The Kier molecular flexibility index (Phi) is 6.33. The van der Waals surface area contributed by atoms with Crippen LogP contribution in [0.5, 0.6) is 0 Å². The molecule has 0 radical (unpaired) electrons. The molecule has 1 heterocycles. The van der Waals surface area contributed by atoms with Gasteiger partial charge in [-0.25, -0.2) is 0 Å². The molecular weight excluding hydrogens is 316 g/mol. The lowest BCUT2D eigenvalue weighted by Crippen LogP contribution is -2.33. The number of halogens is 1. The van der Waals surface area contributed by atoms with Gasteiger partial charge in [-0.15, -0.1) is 0 Å². The van der Waals surface area contributed by atoms with Crippen LogP contribution < -0.4 is 10.2 Å². The maximum Gasteiger partial charge on any atom is 0.0587 e. The number of anilines is 1. The van der Waals surface area contributed by atoms with Crippen molar-refractivity contribution in [3.8, 4) is 0 Å². The average Bonchev–Trinajstić information content (AvgIpc) is 2.45. The molecule has 1 saturated heterocycles. The molecule has 1 aliphatic heterocycles. The summed E-state index contributed by atoms with van der Waals surface area (Å²) in [5.74, 6) is 0.870. The van der Waals surface area contributed by atoms with E-state index in [1.165, 1.54) is 41.7 Å². The van der Waals surface area contributed by atoms with Gasteiger partial charge in [-0.1, -0.05) is 13.0 Å². The third-order valence-electron chi connectivity index (χ3n) is 3.95. The summed E-state index contributed by atoms with van der Waals surface area (Å²) in [6.07, 6.45) is 2.60. The lowest BCUT2D eigenvalue weighted by Gasteiger charge is -2.33. The van der Waals surface area contributed by atoms with E-state index in [1.807, 2.05) is 0 Å². The van der Waals surface area contributed by atoms with Crippen molar-refractivity contribution in [3.05, 3.63) is 28.2 Å². The van der Waals surface area contributed by atoms with Gasteiger partial charge in [0.1, 0.15) is 0 Å². The molecule has 2 rings (SSSR count). The van der Waals surface area contributed by atoms with Crippen molar-refractivity contribution in [3.63, 3.8) is 0 Å². The van der Waals surface area contributed by atoms with Gasteiger partial charge in [0.05, 0.1) is 12.3 Å². The van der Waals surface area contributed by atoms with Gasteiger partial charge in [-0.05, 0) is 52.4 Å². The summed E-state index contributed by atoms with van der Waals surface area (Å²) in [4.78, 5) is 2.49. The van der Waals surface area contributed by atoms with Gasteiger partial charge in [0.15, 0.2) is 0 Å². The van der Waals surface area contributed by atoms with Crippen LogP contribution in [0.25, 0.3) is 0 Å². The Labute approximate surface area is 130 Å². The third-order valence-corrected chi connectivity index (χ3v) is 4.58. The number of methoxy groups -OCH3 is 1. The summed E-state index contributed by atoms with van der Waals surface area (Å²) in [5, 5.41) is 3.38. The molecule has 20 heavy (non-hydrogen) atoms. The standard InChI is InChI=1S/C16H25BrN2O/c1-13-5-8-19(9-6-13)16-4-3-14(11-15(16)17)12-18-7-10-20-2/h3-4,11,13,18H,5-10,12H2,1-2H3. The fourth-order valence-electron chi connectivity index (χ4n) is 2.57. The zero-order valence-corrected chi connectivity index (χ0v) is 14.1. The lowest BCUT2D eigenvalue weighted by atomic mass is 9.98. The molecule has 4 heteroatoms. The van der Waals surface area contributed by atoms with Gasteiger partial charge in [0.2, 0.25) is 0 Å². The molecule has 1 aromatic rings. The van der Waals surface area contributed by atoms with Crippen LogP contribution in [-0.4, -0.2) is 33.4 Å².